The van der Waals surface area contributed by atoms with E-state index in [2.05, 4.69) is 10.6 Å². The molecule has 1 amide bonds. The van der Waals surface area contributed by atoms with E-state index in [1.54, 1.807) is 13.8 Å². The molecule has 1 fully saturated rings. The first-order valence-electron chi connectivity index (χ1n) is 4.95. The Morgan fingerprint density at radius 2 is 2.36 bits per heavy atom. The van der Waals surface area contributed by atoms with E-state index in [9.17, 15) is 9.90 Å². The molecule has 5 heteroatoms. The van der Waals surface area contributed by atoms with Crippen LogP contribution < -0.4 is 10.6 Å². The van der Waals surface area contributed by atoms with Gasteiger partial charge in [0.15, 0.2) is 0 Å². The summed E-state index contributed by atoms with van der Waals surface area (Å²) in [5.41, 5.74) is 0. The number of nitrogens with one attached hydrogen (secondary N) is 2. The molecule has 1 rings (SSSR count). The molecule has 0 aromatic carbocycles. The van der Waals surface area contributed by atoms with Gasteiger partial charge >= 0.3 is 6.09 Å². The van der Waals surface area contributed by atoms with Crippen LogP contribution in [-0.2, 0) is 4.74 Å². The number of aliphatic hydroxyl groups excluding tert-OH is 1. The number of alkyl carbamates (subject to hydrolysis) is 1. The van der Waals surface area contributed by atoms with Crippen molar-refractivity contribution in [1.82, 2.24) is 10.6 Å². The number of carbonyl (C=O) groups is 1. The van der Waals surface area contributed by atoms with E-state index in [4.69, 9.17) is 4.74 Å². The zero-order chi connectivity index (χ0) is 10.6. The number of amides is 1. The summed E-state index contributed by atoms with van der Waals surface area (Å²) in [5, 5.41) is 15.3. The van der Waals surface area contributed by atoms with E-state index in [0.717, 1.165) is 6.54 Å². The highest BCUT2D eigenvalue weighted by Crippen LogP contribution is 2.03. The normalized spacial score (nSPS) is 27.4. The molecule has 1 aliphatic rings. The SMILES string of the molecule is CC(C)OC(=O)N[C@H]1CNCC[C@H]1O. The Balaban J connectivity index is 2.31. The Hall–Kier alpha value is -0.810. The van der Waals surface area contributed by atoms with Crippen LogP contribution in [0.25, 0.3) is 0 Å². The van der Waals surface area contributed by atoms with Crippen molar-refractivity contribution in [3.05, 3.63) is 0 Å². The topological polar surface area (TPSA) is 70.6 Å². The van der Waals surface area contributed by atoms with E-state index in [0.29, 0.717) is 13.0 Å². The standard InChI is InChI=1S/C9H18N2O3/c1-6(2)14-9(13)11-7-5-10-4-3-8(7)12/h6-8,10,12H,3-5H2,1-2H3,(H,11,13)/t7-,8+/m0/s1. The van der Waals surface area contributed by atoms with Gasteiger partial charge in [-0.2, -0.15) is 0 Å². The lowest BCUT2D eigenvalue weighted by Gasteiger charge is -2.28. The van der Waals surface area contributed by atoms with Gasteiger partial charge in [0.05, 0.1) is 18.2 Å². The van der Waals surface area contributed by atoms with Gasteiger partial charge in [-0.25, -0.2) is 4.79 Å². The van der Waals surface area contributed by atoms with Crippen molar-refractivity contribution in [2.45, 2.75) is 38.5 Å². The van der Waals surface area contributed by atoms with Gasteiger partial charge in [0, 0.05) is 6.54 Å². The number of hydrogen-bond acceptors (Lipinski definition) is 4. The number of piperidine rings is 1. The molecule has 1 saturated heterocycles. The van der Waals surface area contributed by atoms with Gasteiger partial charge in [0.1, 0.15) is 0 Å². The first-order chi connectivity index (χ1) is 6.59. The predicted molar refractivity (Wildman–Crippen MR) is 52.0 cm³/mol. The minimum absolute atomic E-state index is 0.135. The molecule has 0 bridgehead atoms. The third-order valence-electron chi connectivity index (χ3n) is 2.09. The second kappa shape index (κ2) is 5.17. The molecule has 1 aliphatic heterocycles. The molecule has 0 saturated carbocycles. The highest BCUT2D eigenvalue weighted by Gasteiger charge is 2.24. The summed E-state index contributed by atoms with van der Waals surface area (Å²) in [7, 11) is 0. The van der Waals surface area contributed by atoms with Gasteiger partial charge in [-0.05, 0) is 26.8 Å². The minimum Gasteiger partial charge on any atom is -0.447 e. The van der Waals surface area contributed by atoms with Crippen LogP contribution in [0.5, 0.6) is 0 Å². The lowest BCUT2D eigenvalue weighted by atomic mass is 10.0. The fraction of sp³-hybridized carbons (Fsp3) is 0.889. The zero-order valence-electron chi connectivity index (χ0n) is 8.62. The predicted octanol–water partition coefficient (Wildman–Crippen LogP) is -0.156. The second-order valence-electron chi connectivity index (χ2n) is 3.77. The van der Waals surface area contributed by atoms with Crippen LogP contribution in [0.3, 0.4) is 0 Å². The molecule has 0 unspecified atom stereocenters. The highest BCUT2D eigenvalue weighted by molar-refractivity contribution is 5.67. The Morgan fingerprint density at radius 1 is 1.64 bits per heavy atom. The number of rotatable bonds is 2. The minimum atomic E-state index is -0.476. The van der Waals surface area contributed by atoms with Crippen molar-refractivity contribution in [1.29, 1.82) is 0 Å². The number of aliphatic hydroxyl groups is 1. The van der Waals surface area contributed by atoms with Gasteiger partial charge in [-0.1, -0.05) is 0 Å². The largest absolute Gasteiger partial charge is 0.447 e. The average molecular weight is 202 g/mol. The number of carbonyl (C=O) groups excluding carboxylic acids is 1. The molecule has 3 N–H and O–H groups in total. The van der Waals surface area contributed by atoms with Gasteiger partial charge in [-0.15, -0.1) is 0 Å². The lowest BCUT2D eigenvalue weighted by molar-refractivity contribution is 0.0761. The zero-order valence-corrected chi connectivity index (χ0v) is 8.62. The number of ether oxygens (including phenoxy) is 1. The third-order valence-corrected chi connectivity index (χ3v) is 2.09. The molecule has 0 radical (unpaired) electrons. The maximum absolute atomic E-state index is 11.2. The van der Waals surface area contributed by atoms with E-state index < -0.39 is 12.2 Å². The van der Waals surface area contributed by atoms with Crippen LogP contribution >= 0.6 is 0 Å². The summed E-state index contributed by atoms with van der Waals surface area (Å²) in [6.07, 6.45) is -0.417. The molecular weight excluding hydrogens is 184 g/mol. The first-order valence-corrected chi connectivity index (χ1v) is 4.95. The maximum atomic E-state index is 11.2. The summed E-state index contributed by atoms with van der Waals surface area (Å²) < 4.78 is 4.91. The second-order valence-corrected chi connectivity index (χ2v) is 3.77. The summed E-state index contributed by atoms with van der Waals surface area (Å²) in [6.45, 7) is 4.96. The van der Waals surface area contributed by atoms with Gasteiger partial charge in [0.25, 0.3) is 0 Å². The van der Waals surface area contributed by atoms with Crippen molar-refractivity contribution in [3.63, 3.8) is 0 Å². The molecule has 1 heterocycles. The molecule has 0 aromatic heterocycles. The molecule has 2 atom stereocenters. The average Bonchev–Trinajstić information content (AvgIpc) is 2.07. The molecule has 82 valence electrons. The molecule has 0 spiro atoms. The van der Waals surface area contributed by atoms with E-state index in [-0.39, 0.29) is 12.1 Å². The van der Waals surface area contributed by atoms with E-state index >= 15 is 0 Å². The fourth-order valence-corrected chi connectivity index (χ4v) is 1.39. The third kappa shape index (κ3) is 3.51. The summed E-state index contributed by atoms with van der Waals surface area (Å²) in [4.78, 5) is 11.2. The van der Waals surface area contributed by atoms with Gasteiger partial charge in [-0.3, -0.25) is 0 Å². The molecule has 0 aromatic rings. The number of hydrogen-bond donors (Lipinski definition) is 3. The smallest absolute Gasteiger partial charge is 0.407 e. The molecular formula is C9H18N2O3. The van der Waals surface area contributed by atoms with Crippen molar-refractivity contribution < 1.29 is 14.6 Å². The van der Waals surface area contributed by atoms with Crippen LogP contribution in [0.4, 0.5) is 4.79 Å². The summed E-state index contributed by atoms with van der Waals surface area (Å²) >= 11 is 0. The Morgan fingerprint density at radius 3 is 2.93 bits per heavy atom. The van der Waals surface area contributed by atoms with Crippen LogP contribution in [0.15, 0.2) is 0 Å². The van der Waals surface area contributed by atoms with Gasteiger partial charge in [0.2, 0.25) is 0 Å². The van der Waals surface area contributed by atoms with E-state index in [1.165, 1.54) is 0 Å². The molecule has 14 heavy (non-hydrogen) atoms. The first kappa shape index (κ1) is 11.3. The van der Waals surface area contributed by atoms with Crippen molar-refractivity contribution in [2.24, 2.45) is 0 Å². The summed E-state index contributed by atoms with van der Waals surface area (Å²) in [5.74, 6) is 0. The molecule has 0 aliphatic carbocycles. The quantitative estimate of drug-likeness (QED) is 0.582. The lowest BCUT2D eigenvalue weighted by Crippen LogP contribution is -2.54. The van der Waals surface area contributed by atoms with Crippen LogP contribution in [0.2, 0.25) is 0 Å². The van der Waals surface area contributed by atoms with E-state index in [1.807, 2.05) is 0 Å². The van der Waals surface area contributed by atoms with Crippen molar-refractivity contribution >= 4 is 6.09 Å². The van der Waals surface area contributed by atoms with Crippen LogP contribution in [0, 0.1) is 0 Å². The summed E-state index contributed by atoms with van der Waals surface area (Å²) in [6, 6.07) is -0.241. The fourth-order valence-electron chi connectivity index (χ4n) is 1.39. The highest BCUT2D eigenvalue weighted by atomic mass is 16.6. The Labute approximate surface area is 83.8 Å². The molecule has 5 nitrogen and oxygen atoms in total. The Bertz CT molecular complexity index is 196. The maximum Gasteiger partial charge on any atom is 0.407 e. The van der Waals surface area contributed by atoms with Crippen LogP contribution in [-0.4, -0.2) is 42.5 Å². The monoisotopic (exact) mass is 202 g/mol. The van der Waals surface area contributed by atoms with Crippen molar-refractivity contribution in [2.75, 3.05) is 13.1 Å². The Kier molecular flexibility index (Phi) is 4.16. The van der Waals surface area contributed by atoms with Gasteiger partial charge < -0.3 is 20.5 Å². The van der Waals surface area contributed by atoms with Crippen molar-refractivity contribution in [3.8, 4) is 0 Å². The van der Waals surface area contributed by atoms with Crippen LogP contribution in [0.1, 0.15) is 20.3 Å².